The quantitative estimate of drug-likeness (QED) is 0.830. The number of rotatable bonds is 4. The van der Waals surface area contributed by atoms with Crippen LogP contribution in [0.1, 0.15) is 42.9 Å². The molecule has 2 unspecified atom stereocenters. The van der Waals surface area contributed by atoms with E-state index in [0.717, 1.165) is 18.4 Å². The van der Waals surface area contributed by atoms with Crippen LogP contribution in [0.4, 0.5) is 0 Å². The minimum absolute atomic E-state index is 0.902. The topological polar surface area (TPSA) is 12.0 Å². The van der Waals surface area contributed by atoms with Gasteiger partial charge in [-0.1, -0.05) is 38.0 Å². The molecule has 0 amide bonds. The van der Waals surface area contributed by atoms with Crippen LogP contribution in [-0.2, 0) is 6.54 Å². The third-order valence-electron chi connectivity index (χ3n) is 4.39. The third-order valence-corrected chi connectivity index (χ3v) is 4.39. The summed E-state index contributed by atoms with van der Waals surface area (Å²) >= 11 is 0. The highest BCUT2D eigenvalue weighted by molar-refractivity contribution is 5.33. The van der Waals surface area contributed by atoms with Crippen molar-refractivity contribution in [2.75, 3.05) is 6.54 Å². The van der Waals surface area contributed by atoms with Gasteiger partial charge in [-0.15, -0.1) is 0 Å². The van der Waals surface area contributed by atoms with Gasteiger partial charge in [0.2, 0.25) is 0 Å². The molecule has 0 saturated heterocycles. The van der Waals surface area contributed by atoms with Crippen LogP contribution in [0.3, 0.4) is 0 Å². The van der Waals surface area contributed by atoms with E-state index < -0.39 is 0 Å². The number of benzene rings is 1. The summed E-state index contributed by atoms with van der Waals surface area (Å²) in [5.41, 5.74) is 4.31. The van der Waals surface area contributed by atoms with Crippen LogP contribution >= 0.6 is 0 Å². The monoisotopic (exact) mass is 231 g/mol. The molecule has 17 heavy (non-hydrogen) atoms. The number of hydrogen-bond acceptors (Lipinski definition) is 1. The summed E-state index contributed by atoms with van der Waals surface area (Å²) in [5.74, 6) is 1.82. The fourth-order valence-corrected chi connectivity index (χ4v) is 3.04. The second-order valence-corrected chi connectivity index (χ2v) is 5.67. The largest absolute Gasteiger partial charge is 0.312 e. The lowest BCUT2D eigenvalue weighted by molar-refractivity contribution is 0.392. The van der Waals surface area contributed by atoms with Crippen molar-refractivity contribution in [1.29, 1.82) is 0 Å². The van der Waals surface area contributed by atoms with Gasteiger partial charge in [-0.2, -0.15) is 0 Å². The average Bonchev–Trinajstić information content (AvgIpc) is 2.69. The van der Waals surface area contributed by atoms with Gasteiger partial charge in [0.05, 0.1) is 0 Å². The first kappa shape index (κ1) is 12.6. The first-order valence-corrected chi connectivity index (χ1v) is 6.94. The third kappa shape index (κ3) is 3.10. The van der Waals surface area contributed by atoms with Gasteiger partial charge in [0.15, 0.2) is 0 Å². The molecular formula is C16H25N. The van der Waals surface area contributed by atoms with Crippen molar-refractivity contribution in [2.24, 2.45) is 11.8 Å². The molecule has 2 atom stereocenters. The number of hydrogen-bond donors (Lipinski definition) is 1. The highest BCUT2D eigenvalue weighted by Crippen LogP contribution is 2.30. The second kappa shape index (κ2) is 5.68. The Morgan fingerprint density at radius 2 is 1.88 bits per heavy atom. The van der Waals surface area contributed by atoms with Gasteiger partial charge in [-0.3, -0.25) is 0 Å². The number of aryl methyl sites for hydroxylation is 2. The van der Waals surface area contributed by atoms with E-state index in [4.69, 9.17) is 0 Å². The molecule has 1 N–H and O–H groups in total. The number of nitrogens with one attached hydrogen (secondary N) is 1. The van der Waals surface area contributed by atoms with Crippen molar-refractivity contribution >= 4 is 0 Å². The fourth-order valence-electron chi connectivity index (χ4n) is 3.04. The Hall–Kier alpha value is -0.820. The molecule has 1 aromatic carbocycles. The lowest BCUT2D eigenvalue weighted by Crippen LogP contribution is -2.24. The Kier molecular flexibility index (Phi) is 4.22. The van der Waals surface area contributed by atoms with E-state index in [2.05, 4.69) is 44.3 Å². The van der Waals surface area contributed by atoms with Crippen LogP contribution in [0.25, 0.3) is 0 Å². The van der Waals surface area contributed by atoms with E-state index in [0.29, 0.717) is 0 Å². The SMILES string of the molecule is Cc1cccc(C)c1CNCC1CCCC1C. The molecule has 1 aliphatic rings. The van der Waals surface area contributed by atoms with E-state index in [1.54, 1.807) is 0 Å². The first-order chi connectivity index (χ1) is 8.18. The summed E-state index contributed by atoms with van der Waals surface area (Å²) in [7, 11) is 0. The zero-order chi connectivity index (χ0) is 12.3. The van der Waals surface area contributed by atoms with Crippen molar-refractivity contribution in [1.82, 2.24) is 5.32 Å². The molecule has 1 heteroatoms. The minimum Gasteiger partial charge on any atom is -0.312 e. The van der Waals surface area contributed by atoms with E-state index in [9.17, 15) is 0 Å². The molecule has 0 heterocycles. The maximum atomic E-state index is 3.66. The molecule has 1 aliphatic carbocycles. The lowest BCUT2D eigenvalue weighted by atomic mass is 9.97. The molecule has 0 bridgehead atoms. The van der Waals surface area contributed by atoms with Crippen LogP contribution in [0.5, 0.6) is 0 Å². The Bertz CT molecular complexity index is 350. The maximum absolute atomic E-state index is 3.66. The first-order valence-electron chi connectivity index (χ1n) is 6.94. The molecule has 1 saturated carbocycles. The molecule has 0 aliphatic heterocycles. The standard InChI is InChI=1S/C16H25N/c1-12-6-5-9-15(12)10-17-11-16-13(2)7-4-8-14(16)3/h4,7-8,12,15,17H,5-6,9-11H2,1-3H3. The Labute approximate surface area is 106 Å². The van der Waals surface area contributed by atoms with Gasteiger partial charge in [0.25, 0.3) is 0 Å². The molecular weight excluding hydrogens is 206 g/mol. The molecule has 1 fully saturated rings. The van der Waals surface area contributed by atoms with Gasteiger partial charge in [0, 0.05) is 6.54 Å². The van der Waals surface area contributed by atoms with Crippen molar-refractivity contribution in [3.63, 3.8) is 0 Å². The zero-order valence-corrected chi connectivity index (χ0v) is 11.4. The fraction of sp³-hybridized carbons (Fsp3) is 0.625. The molecule has 0 spiro atoms. The average molecular weight is 231 g/mol. The molecule has 0 radical (unpaired) electrons. The van der Waals surface area contributed by atoms with Crippen LogP contribution in [0.2, 0.25) is 0 Å². The summed E-state index contributed by atoms with van der Waals surface area (Å²) in [5, 5.41) is 3.66. The van der Waals surface area contributed by atoms with E-state index in [1.807, 2.05) is 0 Å². The predicted molar refractivity (Wildman–Crippen MR) is 74.1 cm³/mol. The highest BCUT2D eigenvalue weighted by atomic mass is 14.9. The summed E-state index contributed by atoms with van der Waals surface area (Å²) in [6.45, 7) is 9.04. The smallest absolute Gasteiger partial charge is 0.0210 e. The van der Waals surface area contributed by atoms with Crippen molar-refractivity contribution < 1.29 is 0 Å². The van der Waals surface area contributed by atoms with Crippen LogP contribution in [-0.4, -0.2) is 6.54 Å². The summed E-state index contributed by atoms with van der Waals surface area (Å²) in [6.07, 6.45) is 4.27. The van der Waals surface area contributed by atoms with Gasteiger partial charge >= 0.3 is 0 Å². The van der Waals surface area contributed by atoms with Crippen molar-refractivity contribution in [2.45, 2.75) is 46.6 Å². The molecule has 1 aromatic rings. The van der Waals surface area contributed by atoms with Gasteiger partial charge in [-0.05, 0) is 55.3 Å². The maximum Gasteiger partial charge on any atom is 0.0210 e. The van der Waals surface area contributed by atoms with Crippen LogP contribution < -0.4 is 5.32 Å². The molecule has 1 nitrogen and oxygen atoms in total. The zero-order valence-electron chi connectivity index (χ0n) is 11.4. The van der Waals surface area contributed by atoms with Crippen molar-refractivity contribution in [3.05, 3.63) is 34.9 Å². The summed E-state index contributed by atoms with van der Waals surface area (Å²) in [4.78, 5) is 0. The van der Waals surface area contributed by atoms with E-state index >= 15 is 0 Å². The molecule has 94 valence electrons. The summed E-state index contributed by atoms with van der Waals surface area (Å²) in [6, 6.07) is 6.57. The molecule has 2 rings (SSSR count). The van der Waals surface area contributed by atoms with Gasteiger partial charge in [-0.25, -0.2) is 0 Å². The predicted octanol–water partition coefficient (Wildman–Crippen LogP) is 3.83. The van der Waals surface area contributed by atoms with Crippen LogP contribution in [0.15, 0.2) is 18.2 Å². The highest BCUT2D eigenvalue weighted by Gasteiger charge is 2.22. The van der Waals surface area contributed by atoms with Gasteiger partial charge < -0.3 is 5.32 Å². The summed E-state index contributed by atoms with van der Waals surface area (Å²) < 4.78 is 0. The van der Waals surface area contributed by atoms with Crippen LogP contribution in [0, 0.1) is 25.7 Å². The van der Waals surface area contributed by atoms with E-state index in [-0.39, 0.29) is 0 Å². The Morgan fingerprint density at radius 3 is 2.47 bits per heavy atom. The Morgan fingerprint density at radius 1 is 1.18 bits per heavy atom. The minimum atomic E-state index is 0.902. The van der Waals surface area contributed by atoms with E-state index in [1.165, 1.54) is 42.5 Å². The normalized spacial score (nSPS) is 24.2. The molecule has 0 aromatic heterocycles. The Balaban J connectivity index is 1.86. The van der Waals surface area contributed by atoms with Gasteiger partial charge in [0.1, 0.15) is 0 Å². The van der Waals surface area contributed by atoms with Crippen molar-refractivity contribution in [3.8, 4) is 0 Å². The lowest BCUT2D eigenvalue weighted by Gasteiger charge is -2.17. The second-order valence-electron chi connectivity index (χ2n) is 5.67.